The van der Waals surface area contributed by atoms with Gasteiger partial charge >= 0.3 is 5.97 Å². The summed E-state index contributed by atoms with van der Waals surface area (Å²) in [7, 11) is 0. The van der Waals surface area contributed by atoms with Crippen LogP contribution in [0.15, 0.2) is 18.2 Å². The van der Waals surface area contributed by atoms with Crippen LogP contribution in [0, 0.1) is 0 Å². The SMILES string of the molecule is CCOC(=O)c1cc(N(CCCO)C(C)C)ccc1N. The number of benzene rings is 1. The van der Waals surface area contributed by atoms with Crippen molar-refractivity contribution < 1.29 is 14.6 Å². The molecule has 0 aliphatic rings. The number of carbonyl (C=O) groups excluding carboxylic acids is 1. The molecule has 0 bridgehead atoms. The third-order valence-electron chi connectivity index (χ3n) is 3.04. The van der Waals surface area contributed by atoms with Gasteiger partial charge in [-0.15, -0.1) is 0 Å². The van der Waals surface area contributed by atoms with E-state index in [0.717, 1.165) is 12.2 Å². The van der Waals surface area contributed by atoms with Crippen molar-refractivity contribution in [2.45, 2.75) is 33.2 Å². The van der Waals surface area contributed by atoms with Crippen LogP contribution in [0.25, 0.3) is 0 Å². The van der Waals surface area contributed by atoms with Crippen LogP contribution in [0.5, 0.6) is 0 Å². The normalized spacial score (nSPS) is 10.7. The number of nitrogens with two attached hydrogens (primary N) is 1. The highest BCUT2D eigenvalue weighted by molar-refractivity contribution is 5.96. The van der Waals surface area contributed by atoms with Crippen molar-refractivity contribution in [3.63, 3.8) is 0 Å². The molecule has 0 saturated heterocycles. The van der Waals surface area contributed by atoms with Crippen LogP contribution in [-0.2, 0) is 4.74 Å². The molecule has 0 fully saturated rings. The summed E-state index contributed by atoms with van der Waals surface area (Å²) in [5, 5.41) is 8.98. The first kappa shape index (κ1) is 16.3. The lowest BCUT2D eigenvalue weighted by molar-refractivity contribution is 0.0527. The number of nitrogen functional groups attached to an aromatic ring is 1. The zero-order valence-corrected chi connectivity index (χ0v) is 12.4. The van der Waals surface area contributed by atoms with Crippen molar-refractivity contribution in [3.8, 4) is 0 Å². The lowest BCUT2D eigenvalue weighted by Gasteiger charge is -2.29. The second kappa shape index (κ2) is 7.75. The van der Waals surface area contributed by atoms with Gasteiger partial charge in [-0.3, -0.25) is 0 Å². The largest absolute Gasteiger partial charge is 0.462 e. The van der Waals surface area contributed by atoms with Gasteiger partial charge < -0.3 is 20.5 Å². The summed E-state index contributed by atoms with van der Waals surface area (Å²) in [5.41, 5.74) is 7.55. The van der Waals surface area contributed by atoms with Crippen molar-refractivity contribution in [1.82, 2.24) is 0 Å². The first-order valence-corrected chi connectivity index (χ1v) is 6.95. The number of esters is 1. The van der Waals surface area contributed by atoms with Crippen molar-refractivity contribution in [2.75, 3.05) is 30.4 Å². The van der Waals surface area contributed by atoms with Crippen LogP contribution in [0.1, 0.15) is 37.6 Å². The summed E-state index contributed by atoms with van der Waals surface area (Å²) < 4.78 is 5.01. The molecule has 0 unspecified atom stereocenters. The molecule has 20 heavy (non-hydrogen) atoms. The quantitative estimate of drug-likeness (QED) is 0.590. The molecule has 0 radical (unpaired) electrons. The van der Waals surface area contributed by atoms with Gasteiger partial charge in [-0.2, -0.15) is 0 Å². The van der Waals surface area contributed by atoms with Crippen LogP contribution in [0.4, 0.5) is 11.4 Å². The number of aliphatic hydroxyl groups is 1. The van der Waals surface area contributed by atoms with Gasteiger partial charge in [0.1, 0.15) is 0 Å². The molecule has 0 spiro atoms. The number of anilines is 2. The average Bonchev–Trinajstić information content (AvgIpc) is 2.40. The summed E-state index contributed by atoms with van der Waals surface area (Å²) >= 11 is 0. The maximum atomic E-state index is 11.9. The molecule has 0 amide bonds. The van der Waals surface area contributed by atoms with Crippen LogP contribution in [0.2, 0.25) is 0 Å². The summed E-state index contributed by atoms with van der Waals surface area (Å²) in [4.78, 5) is 14.0. The second-order valence-electron chi connectivity index (χ2n) is 4.86. The van der Waals surface area contributed by atoms with Gasteiger partial charge in [-0.05, 0) is 45.4 Å². The van der Waals surface area contributed by atoms with E-state index in [2.05, 4.69) is 18.7 Å². The molecule has 5 nitrogen and oxygen atoms in total. The predicted octanol–water partition coefficient (Wildman–Crippen LogP) is 2.04. The Morgan fingerprint density at radius 3 is 2.70 bits per heavy atom. The molecule has 112 valence electrons. The molecule has 1 aromatic rings. The molecule has 0 saturated carbocycles. The topological polar surface area (TPSA) is 75.8 Å². The molecule has 3 N–H and O–H groups in total. The average molecular weight is 280 g/mol. The van der Waals surface area contributed by atoms with Crippen molar-refractivity contribution >= 4 is 17.3 Å². The van der Waals surface area contributed by atoms with Gasteiger partial charge in [0.15, 0.2) is 0 Å². The Morgan fingerprint density at radius 2 is 2.15 bits per heavy atom. The maximum Gasteiger partial charge on any atom is 0.340 e. The molecule has 0 heterocycles. The number of hydrogen-bond acceptors (Lipinski definition) is 5. The first-order chi connectivity index (χ1) is 9.51. The number of rotatable bonds is 7. The zero-order valence-electron chi connectivity index (χ0n) is 12.4. The summed E-state index contributed by atoms with van der Waals surface area (Å²) in [5.74, 6) is -0.405. The fourth-order valence-electron chi connectivity index (χ4n) is 2.04. The third kappa shape index (κ3) is 4.13. The molecule has 0 aromatic heterocycles. The van der Waals surface area contributed by atoms with E-state index < -0.39 is 5.97 Å². The lowest BCUT2D eigenvalue weighted by atomic mass is 10.1. The van der Waals surface area contributed by atoms with Gasteiger partial charge in [0.2, 0.25) is 0 Å². The summed E-state index contributed by atoms with van der Waals surface area (Å²) in [6.45, 7) is 7.08. The number of hydrogen-bond donors (Lipinski definition) is 2. The van der Waals surface area contributed by atoms with Crippen molar-refractivity contribution in [1.29, 1.82) is 0 Å². The van der Waals surface area contributed by atoms with E-state index in [4.69, 9.17) is 15.6 Å². The minimum absolute atomic E-state index is 0.142. The molecular formula is C15H24N2O3. The standard InChI is InChI=1S/C15H24N2O3/c1-4-20-15(19)13-10-12(6-7-14(13)16)17(11(2)3)8-5-9-18/h6-7,10-11,18H,4-5,8-9,16H2,1-3H3. The maximum absolute atomic E-state index is 11.9. The van der Waals surface area contributed by atoms with Crippen molar-refractivity contribution in [2.24, 2.45) is 0 Å². The number of nitrogens with zero attached hydrogens (tertiary/aromatic N) is 1. The molecule has 5 heteroatoms. The van der Waals surface area contributed by atoms with Crippen LogP contribution < -0.4 is 10.6 Å². The van der Waals surface area contributed by atoms with E-state index in [9.17, 15) is 4.79 Å². The number of aliphatic hydroxyl groups excluding tert-OH is 1. The van der Waals surface area contributed by atoms with Gasteiger partial charge in [-0.25, -0.2) is 4.79 Å². The monoisotopic (exact) mass is 280 g/mol. The van der Waals surface area contributed by atoms with Crippen LogP contribution >= 0.6 is 0 Å². The minimum Gasteiger partial charge on any atom is -0.462 e. The van der Waals surface area contributed by atoms with E-state index in [1.165, 1.54) is 0 Å². The fraction of sp³-hybridized carbons (Fsp3) is 0.533. The van der Waals surface area contributed by atoms with E-state index in [1.807, 2.05) is 6.07 Å². The Bertz CT molecular complexity index is 447. The van der Waals surface area contributed by atoms with Gasteiger partial charge in [0.05, 0.1) is 12.2 Å². The van der Waals surface area contributed by atoms with Gasteiger partial charge in [0, 0.05) is 30.6 Å². The molecule has 0 aliphatic heterocycles. The van der Waals surface area contributed by atoms with E-state index in [0.29, 0.717) is 24.3 Å². The van der Waals surface area contributed by atoms with E-state index >= 15 is 0 Å². The van der Waals surface area contributed by atoms with Gasteiger partial charge in [0.25, 0.3) is 0 Å². The summed E-state index contributed by atoms with van der Waals surface area (Å²) in [6.07, 6.45) is 0.678. The number of carbonyl (C=O) groups is 1. The first-order valence-electron chi connectivity index (χ1n) is 6.95. The Hall–Kier alpha value is -1.75. The molecular weight excluding hydrogens is 256 g/mol. The van der Waals surface area contributed by atoms with E-state index in [1.54, 1.807) is 19.1 Å². The zero-order chi connectivity index (χ0) is 15.1. The van der Waals surface area contributed by atoms with Gasteiger partial charge in [-0.1, -0.05) is 0 Å². The van der Waals surface area contributed by atoms with Crippen LogP contribution in [-0.4, -0.2) is 36.9 Å². The Kier molecular flexibility index (Phi) is 6.31. The Labute approximate surface area is 120 Å². The number of ether oxygens (including phenoxy) is 1. The van der Waals surface area contributed by atoms with E-state index in [-0.39, 0.29) is 12.6 Å². The highest BCUT2D eigenvalue weighted by atomic mass is 16.5. The predicted molar refractivity (Wildman–Crippen MR) is 81.0 cm³/mol. The molecule has 0 atom stereocenters. The Balaban J connectivity index is 3.04. The third-order valence-corrected chi connectivity index (χ3v) is 3.04. The fourth-order valence-corrected chi connectivity index (χ4v) is 2.04. The highest BCUT2D eigenvalue weighted by Crippen LogP contribution is 2.24. The van der Waals surface area contributed by atoms with Crippen LogP contribution in [0.3, 0.4) is 0 Å². The summed E-state index contributed by atoms with van der Waals surface area (Å²) in [6, 6.07) is 5.62. The molecule has 1 rings (SSSR count). The minimum atomic E-state index is -0.405. The molecule has 1 aromatic carbocycles. The Morgan fingerprint density at radius 1 is 1.45 bits per heavy atom. The highest BCUT2D eigenvalue weighted by Gasteiger charge is 2.16. The van der Waals surface area contributed by atoms with Crippen molar-refractivity contribution in [3.05, 3.63) is 23.8 Å². The molecule has 0 aliphatic carbocycles. The second-order valence-corrected chi connectivity index (χ2v) is 4.86. The lowest BCUT2D eigenvalue weighted by Crippen LogP contribution is -2.32. The smallest absolute Gasteiger partial charge is 0.340 e.